The molecule has 2 rings (SSSR count). The fraction of sp³-hybridized carbons (Fsp3) is 0.0909. The second-order valence-corrected chi connectivity index (χ2v) is 5.12. The van der Waals surface area contributed by atoms with Gasteiger partial charge in [0, 0.05) is 17.6 Å². The minimum atomic E-state index is -0.218. The number of aryl methyl sites for hydroxylation is 1. The van der Waals surface area contributed by atoms with Gasteiger partial charge in [-0.3, -0.25) is 9.48 Å². The Balaban J connectivity index is 2.55. The normalized spacial score (nSPS) is 10.6. The van der Waals surface area contributed by atoms with Crippen LogP contribution in [0, 0.1) is 0 Å². The van der Waals surface area contributed by atoms with Crippen LogP contribution >= 0.6 is 39.1 Å². The molecule has 88 valence electrons. The zero-order valence-corrected chi connectivity index (χ0v) is 11.8. The van der Waals surface area contributed by atoms with Crippen molar-refractivity contribution in [1.29, 1.82) is 0 Å². The van der Waals surface area contributed by atoms with Crippen LogP contribution in [0.2, 0.25) is 10.0 Å². The zero-order chi connectivity index (χ0) is 12.6. The molecule has 0 bridgehead atoms. The van der Waals surface area contributed by atoms with Crippen LogP contribution in [0.15, 0.2) is 28.9 Å². The summed E-state index contributed by atoms with van der Waals surface area (Å²) < 4.78 is 2.12. The summed E-state index contributed by atoms with van der Waals surface area (Å²) in [5.74, 6) is -0.218. The maximum absolute atomic E-state index is 12.3. The molecule has 1 aromatic heterocycles. The van der Waals surface area contributed by atoms with E-state index in [0.717, 1.165) is 0 Å². The molecule has 0 saturated carbocycles. The third kappa shape index (κ3) is 2.39. The molecule has 0 amide bonds. The van der Waals surface area contributed by atoms with Crippen molar-refractivity contribution < 1.29 is 4.79 Å². The fourth-order valence-electron chi connectivity index (χ4n) is 1.47. The molecule has 0 unspecified atom stereocenters. The van der Waals surface area contributed by atoms with E-state index in [2.05, 4.69) is 21.0 Å². The molecular formula is C11H7BrCl2N2O. The average Bonchev–Trinajstić information content (AvgIpc) is 2.61. The molecule has 1 aromatic carbocycles. The number of hydrogen-bond donors (Lipinski definition) is 0. The van der Waals surface area contributed by atoms with E-state index in [-0.39, 0.29) is 5.78 Å². The summed E-state index contributed by atoms with van der Waals surface area (Å²) in [4.78, 5) is 12.3. The van der Waals surface area contributed by atoms with Crippen LogP contribution in [0.4, 0.5) is 0 Å². The van der Waals surface area contributed by atoms with Gasteiger partial charge in [0.1, 0.15) is 5.69 Å². The molecular weight excluding hydrogens is 327 g/mol. The summed E-state index contributed by atoms with van der Waals surface area (Å²) in [6.45, 7) is 0. The Morgan fingerprint density at radius 1 is 1.41 bits per heavy atom. The number of rotatable bonds is 2. The topological polar surface area (TPSA) is 34.9 Å². The van der Waals surface area contributed by atoms with E-state index in [4.69, 9.17) is 23.2 Å². The van der Waals surface area contributed by atoms with Crippen molar-refractivity contribution in [2.24, 2.45) is 7.05 Å². The van der Waals surface area contributed by atoms with Gasteiger partial charge in [-0.25, -0.2) is 0 Å². The van der Waals surface area contributed by atoms with Gasteiger partial charge in [0.15, 0.2) is 0 Å². The van der Waals surface area contributed by atoms with Gasteiger partial charge in [-0.05, 0) is 34.1 Å². The van der Waals surface area contributed by atoms with Gasteiger partial charge < -0.3 is 0 Å². The third-order valence-electron chi connectivity index (χ3n) is 2.28. The zero-order valence-electron chi connectivity index (χ0n) is 8.75. The maximum atomic E-state index is 12.3. The van der Waals surface area contributed by atoms with Crippen LogP contribution in [0.25, 0.3) is 0 Å². The van der Waals surface area contributed by atoms with Gasteiger partial charge in [-0.2, -0.15) is 5.10 Å². The lowest BCUT2D eigenvalue weighted by atomic mass is 10.1. The number of carbonyl (C=O) groups is 1. The molecule has 0 fully saturated rings. The van der Waals surface area contributed by atoms with E-state index in [9.17, 15) is 4.79 Å². The largest absolute Gasteiger partial charge is 0.287 e. The van der Waals surface area contributed by atoms with Gasteiger partial charge in [0.25, 0.3) is 0 Å². The SMILES string of the molecule is Cn1ncc(Br)c1C(=O)c1cc(Cl)ccc1Cl. The van der Waals surface area contributed by atoms with Crippen LogP contribution in [0.5, 0.6) is 0 Å². The van der Waals surface area contributed by atoms with Crippen molar-refractivity contribution in [3.8, 4) is 0 Å². The molecule has 0 aliphatic carbocycles. The highest BCUT2D eigenvalue weighted by Gasteiger charge is 2.19. The number of nitrogens with zero attached hydrogens (tertiary/aromatic N) is 2. The van der Waals surface area contributed by atoms with Crippen molar-refractivity contribution in [3.63, 3.8) is 0 Å². The second kappa shape index (κ2) is 4.80. The van der Waals surface area contributed by atoms with Crippen LogP contribution in [-0.4, -0.2) is 15.6 Å². The first-order valence-electron chi connectivity index (χ1n) is 4.68. The smallest absolute Gasteiger partial charge is 0.213 e. The van der Waals surface area contributed by atoms with Gasteiger partial charge in [-0.15, -0.1) is 0 Å². The van der Waals surface area contributed by atoms with Crippen LogP contribution in [-0.2, 0) is 7.05 Å². The number of benzene rings is 1. The highest BCUT2D eigenvalue weighted by atomic mass is 79.9. The standard InChI is InChI=1S/C11H7BrCl2N2O/c1-16-10(8(12)5-15-16)11(17)7-4-6(13)2-3-9(7)14/h2-5H,1H3. The van der Waals surface area contributed by atoms with E-state index in [0.29, 0.717) is 25.8 Å². The molecule has 3 nitrogen and oxygen atoms in total. The van der Waals surface area contributed by atoms with E-state index in [1.165, 1.54) is 4.68 Å². The number of ketones is 1. The number of hydrogen-bond acceptors (Lipinski definition) is 2. The molecule has 1 heterocycles. The summed E-state index contributed by atoms with van der Waals surface area (Å²) in [6, 6.07) is 4.78. The Kier molecular flexibility index (Phi) is 3.56. The minimum absolute atomic E-state index is 0.218. The molecule has 2 aromatic rings. The lowest BCUT2D eigenvalue weighted by Gasteiger charge is -2.05. The summed E-state index contributed by atoms with van der Waals surface area (Å²) in [5.41, 5.74) is 0.803. The van der Waals surface area contributed by atoms with Crippen molar-refractivity contribution in [1.82, 2.24) is 9.78 Å². The average molecular weight is 334 g/mol. The van der Waals surface area contributed by atoms with Gasteiger partial charge in [0.05, 0.1) is 15.7 Å². The molecule has 0 atom stereocenters. The molecule has 0 aliphatic rings. The van der Waals surface area contributed by atoms with Crippen molar-refractivity contribution in [2.75, 3.05) is 0 Å². The first-order valence-corrected chi connectivity index (χ1v) is 6.23. The van der Waals surface area contributed by atoms with Crippen molar-refractivity contribution >= 4 is 44.9 Å². The van der Waals surface area contributed by atoms with Gasteiger partial charge in [-0.1, -0.05) is 23.2 Å². The molecule has 0 radical (unpaired) electrons. The number of carbonyl (C=O) groups excluding carboxylic acids is 1. The summed E-state index contributed by atoms with van der Waals surface area (Å²) in [6.07, 6.45) is 1.56. The summed E-state index contributed by atoms with van der Waals surface area (Å²) in [7, 11) is 1.69. The predicted octanol–water partition coefficient (Wildman–Crippen LogP) is 3.72. The molecule has 6 heteroatoms. The van der Waals surface area contributed by atoms with Gasteiger partial charge >= 0.3 is 0 Å². The van der Waals surface area contributed by atoms with Crippen LogP contribution in [0.1, 0.15) is 16.1 Å². The Hall–Kier alpha value is -0.840. The Labute approximate surface area is 116 Å². The summed E-state index contributed by atoms with van der Waals surface area (Å²) in [5, 5.41) is 4.82. The molecule has 0 spiro atoms. The van der Waals surface area contributed by atoms with E-state index >= 15 is 0 Å². The molecule has 0 aliphatic heterocycles. The molecule has 17 heavy (non-hydrogen) atoms. The second-order valence-electron chi connectivity index (χ2n) is 3.42. The molecule has 0 N–H and O–H groups in total. The Morgan fingerprint density at radius 2 is 2.12 bits per heavy atom. The fourth-order valence-corrected chi connectivity index (χ4v) is 2.37. The Morgan fingerprint density at radius 3 is 2.71 bits per heavy atom. The monoisotopic (exact) mass is 332 g/mol. The number of halogens is 3. The lowest BCUT2D eigenvalue weighted by Crippen LogP contribution is -2.09. The van der Waals surface area contributed by atoms with Crippen LogP contribution < -0.4 is 0 Å². The maximum Gasteiger partial charge on any atom is 0.213 e. The first kappa shape index (κ1) is 12.6. The van der Waals surface area contributed by atoms with Gasteiger partial charge in [0.2, 0.25) is 5.78 Å². The highest BCUT2D eigenvalue weighted by Crippen LogP contribution is 2.26. The highest BCUT2D eigenvalue weighted by molar-refractivity contribution is 9.10. The van der Waals surface area contributed by atoms with Crippen molar-refractivity contribution in [3.05, 3.63) is 50.2 Å². The van der Waals surface area contributed by atoms with Crippen LogP contribution in [0.3, 0.4) is 0 Å². The third-order valence-corrected chi connectivity index (χ3v) is 3.43. The lowest BCUT2D eigenvalue weighted by molar-refractivity contribution is 0.102. The van der Waals surface area contributed by atoms with E-state index in [1.807, 2.05) is 0 Å². The molecule has 0 saturated heterocycles. The Bertz CT molecular complexity index is 576. The minimum Gasteiger partial charge on any atom is -0.287 e. The van der Waals surface area contributed by atoms with Crippen molar-refractivity contribution in [2.45, 2.75) is 0 Å². The quantitative estimate of drug-likeness (QED) is 0.785. The van der Waals surface area contributed by atoms with E-state index in [1.54, 1.807) is 31.4 Å². The number of aromatic nitrogens is 2. The predicted molar refractivity (Wildman–Crippen MR) is 70.8 cm³/mol. The first-order chi connectivity index (χ1) is 8.00. The van der Waals surface area contributed by atoms with E-state index < -0.39 is 0 Å². The summed E-state index contributed by atoms with van der Waals surface area (Å²) >= 11 is 15.1.